The summed E-state index contributed by atoms with van der Waals surface area (Å²) in [4.78, 5) is 24.0. The van der Waals surface area contributed by atoms with Crippen molar-refractivity contribution < 1.29 is 4.79 Å². The zero-order valence-electron chi connectivity index (χ0n) is 12.5. The van der Waals surface area contributed by atoms with Crippen LogP contribution in [0.3, 0.4) is 0 Å². The number of aryl methyl sites for hydroxylation is 1. The van der Waals surface area contributed by atoms with Crippen LogP contribution in [0.4, 0.5) is 0 Å². The van der Waals surface area contributed by atoms with E-state index < -0.39 is 0 Å². The lowest BCUT2D eigenvalue weighted by Crippen LogP contribution is -2.37. The largest absolute Gasteiger partial charge is 0.353 e. The van der Waals surface area contributed by atoms with Crippen molar-refractivity contribution in [2.45, 2.75) is 39.8 Å². The van der Waals surface area contributed by atoms with Crippen LogP contribution in [0.15, 0.2) is 29.1 Å². The Bertz CT molecular complexity index is 693. The molecule has 0 fully saturated rings. The minimum Gasteiger partial charge on any atom is -0.353 e. The first-order valence-electron chi connectivity index (χ1n) is 7.11. The predicted molar refractivity (Wildman–Crippen MR) is 80.9 cm³/mol. The van der Waals surface area contributed by atoms with Gasteiger partial charge in [0.1, 0.15) is 5.52 Å². The molecule has 2 aromatic rings. The third-order valence-corrected chi connectivity index (χ3v) is 3.57. The third kappa shape index (κ3) is 3.65. The number of aromatic nitrogens is 3. The van der Waals surface area contributed by atoms with Crippen LogP contribution in [-0.4, -0.2) is 26.9 Å². The maximum Gasteiger partial charge on any atom is 0.277 e. The Kier molecular flexibility index (Phi) is 4.67. The molecule has 2 rings (SSSR count). The minimum atomic E-state index is -0.217. The van der Waals surface area contributed by atoms with Crippen molar-refractivity contribution in [2.75, 3.05) is 0 Å². The van der Waals surface area contributed by atoms with E-state index in [-0.39, 0.29) is 30.5 Å². The summed E-state index contributed by atoms with van der Waals surface area (Å²) in [6.07, 6.45) is 0.212. The van der Waals surface area contributed by atoms with E-state index in [2.05, 4.69) is 15.6 Å². The molecular formula is C15H20N4O2. The first-order valence-corrected chi connectivity index (χ1v) is 7.11. The van der Waals surface area contributed by atoms with Crippen LogP contribution in [0.5, 0.6) is 0 Å². The molecule has 1 N–H and O–H groups in total. The smallest absolute Gasteiger partial charge is 0.277 e. The van der Waals surface area contributed by atoms with Crippen LogP contribution < -0.4 is 10.9 Å². The summed E-state index contributed by atoms with van der Waals surface area (Å²) < 4.78 is 1.24. The van der Waals surface area contributed by atoms with Gasteiger partial charge in [0, 0.05) is 12.5 Å². The fourth-order valence-electron chi connectivity index (χ4n) is 1.87. The number of hydrogen-bond acceptors (Lipinski definition) is 4. The van der Waals surface area contributed by atoms with Crippen LogP contribution in [-0.2, 0) is 11.3 Å². The number of hydrogen-bond donors (Lipinski definition) is 1. The highest BCUT2D eigenvalue weighted by atomic mass is 16.2. The van der Waals surface area contributed by atoms with Crippen molar-refractivity contribution >= 4 is 16.8 Å². The highest BCUT2D eigenvalue weighted by Crippen LogP contribution is 2.04. The molecule has 0 bridgehead atoms. The van der Waals surface area contributed by atoms with E-state index in [1.807, 2.05) is 26.8 Å². The van der Waals surface area contributed by atoms with Crippen molar-refractivity contribution in [2.24, 2.45) is 5.92 Å². The molecule has 0 aliphatic heterocycles. The van der Waals surface area contributed by atoms with Gasteiger partial charge in [-0.25, -0.2) is 4.68 Å². The van der Waals surface area contributed by atoms with E-state index in [1.165, 1.54) is 4.68 Å². The van der Waals surface area contributed by atoms with Gasteiger partial charge in [0.25, 0.3) is 5.56 Å². The Morgan fingerprint density at radius 1 is 1.29 bits per heavy atom. The molecule has 1 aromatic heterocycles. The van der Waals surface area contributed by atoms with Gasteiger partial charge in [-0.15, -0.1) is 5.10 Å². The Hall–Kier alpha value is -2.24. The van der Waals surface area contributed by atoms with Crippen LogP contribution >= 0.6 is 0 Å². The van der Waals surface area contributed by atoms with Gasteiger partial charge in [0.2, 0.25) is 5.91 Å². The number of benzene rings is 1. The van der Waals surface area contributed by atoms with Crippen molar-refractivity contribution in [3.63, 3.8) is 0 Å². The van der Waals surface area contributed by atoms with E-state index in [1.54, 1.807) is 18.2 Å². The number of carbonyl (C=O) groups excluding carboxylic acids is 1. The monoisotopic (exact) mass is 288 g/mol. The lowest BCUT2D eigenvalue weighted by molar-refractivity contribution is -0.122. The minimum absolute atomic E-state index is 0.0851. The lowest BCUT2D eigenvalue weighted by atomic mass is 10.1. The Balaban J connectivity index is 2.06. The van der Waals surface area contributed by atoms with Crippen molar-refractivity contribution in [1.82, 2.24) is 20.3 Å². The van der Waals surface area contributed by atoms with Gasteiger partial charge >= 0.3 is 0 Å². The summed E-state index contributed by atoms with van der Waals surface area (Å²) >= 11 is 0. The first kappa shape index (κ1) is 15.2. The molecule has 112 valence electrons. The number of nitrogens with one attached hydrogen (secondary N) is 1. The molecule has 0 unspecified atom stereocenters. The van der Waals surface area contributed by atoms with Crippen LogP contribution in [0.1, 0.15) is 27.2 Å². The van der Waals surface area contributed by atoms with Gasteiger partial charge in [0.05, 0.1) is 11.9 Å². The molecule has 0 aliphatic carbocycles. The summed E-state index contributed by atoms with van der Waals surface area (Å²) in [7, 11) is 0. The molecule has 1 atom stereocenters. The highest BCUT2D eigenvalue weighted by Gasteiger charge is 2.12. The van der Waals surface area contributed by atoms with Gasteiger partial charge in [-0.2, -0.15) is 0 Å². The van der Waals surface area contributed by atoms with Gasteiger partial charge in [-0.05, 0) is 25.0 Å². The van der Waals surface area contributed by atoms with Gasteiger partial charge in [-0.3, -0.25) is 9.59 Å². The average molecular weight is 288 g/mol. The molecule has 21 heavy (non-hydrogen) atoms. The van der Waals surface area contributed by atoms with Crippen molar-refractivity contribution in [3.05, 3.63) is 34.6 Å². The number of fused-ring (bicyclic) bond motifs is 1. The quantitative estimate of drug-likeness (QED) is 0.900. The second kappa shape index (κ2) is 6.47. The molecule has 6 heteroatoms. The van der Waals surface area contributed by atoms with Crippen molar-refractivity contribution in [3.8, 4) is 0 Å². The predicted octanol–water partition coefficient (Wildman–Crippen LogP) is 1.34. The molecule has 0 radical (unpaired) electrons. The highest BCUT2D eigenvalue weighted by molar-refractivity contribution is 5.77. The van der Waals surface area contributed by atoms with E-state index in [0.29, 0.717) is 16.8 Å². The zero-order valence-corrected chi connectivity index (χ0v) is 12.5. The molecule has 1 heterocycles. The summed E-state index contributed by atoms with van der Waals surface area (Å²) in [6.45, 7) is 6.28. The summed E-state index contributed by atoms with van der Waals surface area (Å²) in [5, 5.41) is 11.3. The Labute approximate surface area is 123 Å². The van der Waals surface area contributed by atoms with Crippen LogP contribution in [0, 0.1) is 5.92 Å². The van der Waals surface area contributed by atoms with E-state index >= 15 is 0 Å². The van der Waals surface area contributed by atoms with Crippen LogP contribution in [0.2, 0.25) is 0 Å². The number of carbonyl (C=O) groups is 1. The SMILES string of the molecule is CC(C)[C@H](C)NC(=O)CCn1nnc2ccccc2c1=O. The Morgan fingerprint density at radius 3 is 2.71 bits per heavy atom. The number of rotatable bonds is 5. The molecule has 6 nitrogen and oxygen atoms in total. The summed E-state index contributed by atoms with van der Waals surface area (Å²) in [6, 6.07) is 7.15. The normalized spacial score (nSPS) is 12.6. The van der Waals surface area contributed by atoms with E-state index in [4.69, 9.17) is 0 Å². The second-order valence-electron chi connectivity index (χ2n) is 5.49. The zero-order chi connectivity index (χ0) is 15.4. The van der Waals surface area contributed by atoms with Crippen molar-refractivity contribution in [1.29, 1.82) is 0 Å². The summed E-state index contributed by atoms with van der Waals surface area (Å²) in [5.41, 5.74) is 0.349. The molecule has 0 aliphatic rings. The number of amides is 1. The molecule has 1 amide bonds. The maximum atomic E-state index is 12.2. The fourth-order valence-corrected chi connectivity index (χ4v) is 1.87. The van der Waals surface area contributed by atoms with E-state index in [9.17, 15) is 9.59 Å². The van der Waals surface area contributed by atoms with Gasteiger partial charge in [-0.1, -0.05) is 31.2 Å². The standard InChI is InChI=1S/C15H20N4O2/c1-10(2)11(3)16-14(20)8-9-19-15(21)12-6-4-5-7-13(12)17-18-19/h4-7,10-11H,8-9H2,1-3H3,(H,16,20)/t11-/m0/s1. The lowest BCUT2D eigenvalue weighted by Gasteiger charge is -2.17. The molecule has 1 aromatic carbocycles. The van der Waals surface area contributed by atoms with Gasteiger partial charge < -0.3 is 5.32 Å². The first-order chi connectivity index (χ1) is 9.99. The average Bonchev–Trinajstić information content (AvgIpc) is 2.46. The molecule has 0 spiro atoms. The molecule has 0 saturated carbocycles. The second-order valence-corrected chi connectivity index (χ2v) is 5.49. The number of nitrogens with zero attached hydrogens (tertiary/aromatic N) is 3. The van der Waals surface area contributed by atoms with Crippen LogP contribution in [0.25, 0.3) is 10.9 Å². The van der Waals surface area contributed by atoms with Gasteiger partial charge in [0.15, 0.2) is 0 Å². The molecule has 0 saturated heterocycles. The third-order valence-electron chi connectivity index (χ3n) is 3.57. The fraction of sp³-hybridized carbons (Fsp3) is 0.467. The molecular weight excluding hydrogens is 268 g/mol. The maximum absolute atomic E-state index is 12.2. The topological polar surface area (TPSA) is 76.9 Å². The van der Waals surface area contributed by atoms with E-state index in [0.717, 1.165) is 0 Å². The summed E-state index contributed by atoms with van der Waals surface area (Å²) in [5.74, 6) is 0.287. The Morgan fingerprint density at radius 2 is 2.00 bits per heavy atom.